The number of aromatic nitrogens is 3. The minimum Gasteiger partial charge on any atom is -0.462 e. The first kappa shape index (κ1) is 12.4. The molecular weight excluding hydrogens is 254 g/mol. The monoisotopic (exact) mass is 263 g/mol. The number of hydrogen-bond acceptors (Lipinski definition) is 5. The van der Waals surface area contributed by atoms with E-state index in [1.54, 1.807) is 19.2 Å². The van der Waals surface area contributed by atoms with E-state index in [-0.39, 0.29) is 0 Å². The van der Waals surface area contributed by atoms with Crippen LogP contribution in [-0.4, -0.2) is 27.5 Å². The second kappa shape index (κ2) is 5.55. The molecule has 0 saturated heterocycles. The molecule has 5 nitrogen and oxygen atoms in total. The van der Waals surface area contributed by atoms with Crippen LogP contribution in [0.1, 0.15) is 17.3 Å². The second-order valence-electron chi connectivity index (χ2n) is 3.41. The summed E-state index contributed by atoms with van der Waals surface area (Å²) in [5.74, 6) is -0.409. The molecule has 0 unspecified atom stereocenters. The van der Waals surface area contributed by atoms with Gasteiger partial charge in [-0.05, 0) is 13.0 Å². The Morgan fingerprint density at radius 3 is 2.78 bits per heavy atom. The van der Waals surface area contributed by atoms with Gasteiger partial charge in [-0.15, -0.1) is 0 Å². The molecular formula is C12H10ClN3O2. The van der Waals surface area contributed by atoms with Gasteiger partial charge >= 0.3 is 5.97 Å². The highest BCUT2D eigenvalue weighted by atomic mass is 35.5. The highest BCUT2D eigenvalue weighted by Gasteiger charge is 2.09. The average Bonchev–Trinajstić information content (AvgIpc) is 2.40. The molecule has 18 heavy (non-hydrogen) atoms. The van der Waals surface area contributed by atoms with E-state index in [1.807, 2.05) is 0 Å². The molecule has 2 heterocycles. The Balaban J connectivity index is 2.32. The van der Waals surface area contributed by atoms with Crippen molar-refractivity contribution in [2.75, 3.05) is 6.61 Å². The van der Waals surface area contributed by atoms with Gasteiger partial charge in [-0.1, -0.05) is 11.6 Å². The van der Waals surface area contributed by atoms with Gasteiger partial charge in [0.25, 0.3) is 0 Å². The molecule has 0 amide bonds. The Hall–Kier alpha value is -2.01. The summed E-state index contributed by atoms with van der Waals surface area (Å²) in [4.78, 5) is 23.6. The molecule has 0 aliphatic rings. The van der Waals surface area contributed by atoms with Crippen molar-refractivity contribution in [2.24, 2.45) is 0 Å². The van der Waals surface area contributed by atoms with Gasteiger partial charge in [-0.2, -0.15) is 0 Å². The summed E-state index contributed by atoms with van der Waals surface area (Å²) < 4.78 is 4.90. The van der Waals surface area contributed by atoms with Gasteiger partial charge in [-0.25, -0.2) is 9.78 Å². The van der Waals surface area contributed by atoms with Crippen molar-refractivity contribution in [3.8, 4) is 11.3 Å². The van der Waals surface area contributed by atoms with E-state index < -0.39 is 5.97 Å². The summed E-state index contributed by atoms with van der Waals surface area (Å²) in [6.45, 7) is 2.07. The van der Waals surface area contributed by atoms with E-state index in [2.05, 4.69) is 15.0 Å². The number of nitrogens with zero attached hydrogens (tertiary/aromatic N) is 3. The summed E-state index contributed by atoms with van der Waals surface area (Å²) in [5.41, 5.74) is 1.66. The van der Waals surface area contributed by atoms with Crippen molar-refractivity contribution in [3.05, 3.63) is 41.6 Å². The SMILES string of the molecule is CCOC(=O)c1cncc(-c2cnc(Cl)cn2)c1. The number of carbonyl (C=O) groups excluding carboxylic acids is 1. The molecule has 0 aliphatic carbocycles. The fourth-order valence-corrected chi connectivity index (χ4v) is 1.47. The molecule has 0 bridgehead atoms. The van der Waals surface area contributed by atoms with Crippen LogP contribution in [0.2, 0.25) is 5.15 Å². The van der Waals surface area contributed by atoms with Gasteiger partial charge in [0, 0.05) is 18.0 Å². The quantitative estimate of drug-likeness (QED) is 0.796. The first-order valence-corrected chi connectivity index (χ1v) is 5.68. The van der Waals surface area contributed by atoms with Gasteiger partial charge in [-0.3, -0.25) is 9.97 Å². The van der Waals surface area contributed by atoms with E-state index in [9.17, 15) is 4.79 Å². The van der Waals surface area contributed by atoms with Gasteiger partial charge in [0.1, 0.15) is 5.15 Å². The van der Waals surface area contributed by atoms with Crippen LogP contribution in [0.3, 0.4) is 0 Å². The Bertz CT molecular complexity index is 558. The van der Waals surface area contributed by atoms with Crippen molar-refractivity contribution in [1.82, 2.24) is 15.0 Å². The minimum absolute atomic E-state index is 0.313. The standard InChI is InChI=1S/C12H10ClN3O2/c1-2-18-12(17)9-3-8(4-14-5-9)10-6-16-11(13)7-15-10/h3-7H,2H2,1H3. The lowest BCUT2D eigenvalue weighted by Crippen LogP contribution is -2.05. The Labute approximate surface area is 109 Å². The second-order valence-corrected chi connectivity index (χ2v) is 3.79. The maximum Gasteiger partial charge on any atom is 0.339 e. The summed E-state index contributed by atoms with van der Waals surface area (Å²) in [6, 6.07) is 1.66. The smallest absolute Gasteiger partial charge is 0.339 e. The van der Waals surface area contributed by atoms with E-state index in [0.717, 1.165) is 0 Å². The van der Waals surface area contributed by atoms with E-state index in [1.165, 1.54) is 18.6 Å². The van der Waals surface area contributed by atoms with E-state index in [0.29, 0.717) is 28.6 Å². The van der Waals surface area contributed by atoms with Gasteiger partial charge < -0.3 is 4.74 Å². The average molecular weight is 264 g/mol. The van der Waals surface area contributed by atoms with E-state index in [4.69, 9.17) is 16.3 Å². The molecule has 0 fully saturated rings. The largest absolute Gasteiger partial charge is 0.462 e. The molecule has 2 aromatic rings. The van der Waals surface area contributed by atoms with Crippen LogP contribution < -0.4 is 0 Å². The van der Waals surface area contributed by atoms with Gasteiger partial charge in [0.15, 0.2) is 0 Å². The maximum absolute atomic E-state index is 11.6. The molecule has 92 valence electrons. The third-order valence-electron chi connectivity index (χ3n) is 2.17. The first-order chi connectivity index (χ1) is 8.70. The number of ether oxygens (including phenoxy) is 1. The van der Waals surface area contributed by atoms with Crippen LogP contribution in [0.4, 0.5) is 0 Å². The number of hydrogen-bond donors (Lipinski definition) is 0. The van der Waals surface area contributed by atoms with Crippen molar-refractivity contribution < 1.29 is 9.53 Å². The third-order valence-corrected chi connectivity index (χ3v) is 2.36. The van der Waals surface area contributed by atoms with Crippen LogP contribution in [-0.2, 0) is 4.74 Å². The van der Waals surface area contributed by atoms with Gasteiger partial charge in [0.05, 0.1) is 30.3 Å². The lowest BCUT2D eigenvalue weighted by molar-refractivity contribution is 0.0526. The zero-order valence-corrected chi connectivity index (χ0v) is 10.4. The number of rotatable bonds is 3. The number of halogens is 1. The molecule has 0 saturated carbocycles. The summed E-state index contributed by atoms with van der Waals surface area (Å²) in [6.07, 6.45) is 6.01. The van der Waals surface area contributed by atoms with Crippen molar-refractivity contribution >= 4 is 17.6 Å². The Morgan fingerprint density at radius 1 is 1.28 bits per heavy atom. The normalized spacial score (nSPS) is 10.1. The molecule has 0 N–H and O–H groups in total. The minimum atomic E-state index is -0.409. The number of pyridine rings is 1. The van der Waals surface area contributed by atoms with E-state index >= 15 is 0 Å². The predicted molar refractivity (Wildman–Crippen MR) is 66.2 cm³/mol. The molecule has 2 rings (SSSR count). The van der Waals surface area contributed by atoms with Gasteiger partial charge in [0.2, 0.25) is 0 Å². The third kappa shape index (κ3) is 2.81. The van der Waals surface area contributed by atoms with Crippen LogP contribution in [0.15, 0.2) is 30.9 Å². The van der Waals surface area contributed by atoms with Crippen molar-refractivity contribution in [2.45, 2.75) is 6.92 Å². The molecule has 2 aromatic heterocycles. The van der Waals surface area contributed by atoms with Crippen molar-refractivity contribution in [1.29, 1.82) is 0 Å². The van der Waals surface area contributed by atoms with Crippen LogP contribution in [0.25, 0.3) is 11.3 Å². The summed E-state index contributed by atoms with van der Waals surface area (Å²) >= 11 is 5.66. The first-order valence-electron chi connectivity index (χ1n) is 5.31. The molecule has 0 aromatic carbocycles. The molecule has 0 spiro atoms. The lowest BCUT2D eigenvalue weighted by atomic mass is 10.1. The predicted octanol–water partition coefficient (Wildman–Crippen LogP) is 2.37. The topological polar surface area (TPSA) is 65.0 Å². The molecule has 0 radical (unpaired) electrons. The number of esters is 1. The zero-order valence-electron chi connectivity index (χ0n) is 9.63. The fraction of sp³-hybridized carbons (Fsp3) is 0.167. The van der Waals surface area contributed by atoms with Crippen LogP contribution in [0, 0.1) is 0 Å². The Kier molecular flexibility index (Phi) is 3.84. The molecule has 0 atom stereocenters. The Morgan fingerprint density at radius 2 is 2.11 bits per heavy atom. The lowest BCUT2D eigenvalue weighted by Gasteiger charge is -2.03. The highest BCUT2D eigenvalue weighted by Crippen LogP contribution is 2.17. The number of carbonyl (C=O) groups is 1. The maximum atomic E-state index is 11.6. The van der Waals surface area contributed by atoms with Crippen LogP contribution in [0.5, 0.6) is 0 Å². The summed E-state index contributed by atoms with van der Waals surface area (Å²) in [5, 5.41) is 0.313. The van der Waals surface area contributed by atoms with Crippen LogP contribution >= 0.6 is 11.6 Å². The van der Waals surface area contributed by atoms with Crippen molar-refractivity contribution in [3.63, 3.8) is 0 Å². The zero-order chi connectivity index (χ0) is 13.0. The fourth-order valence-electron chi connectivity index (χ4n) is 1.37. The highest BCUT2D eigenvalue weighted by molar-refractivity contribution is 6.29. The molecule has 6 heteroatoms. The molecule has 0 aliphatic heterocycles. The summed E-state index contributed by atoms with van der Waals surface area (Å²) in [7, 11) is 0.